The van der Waals surface area contributed by atoms with Gasteiger partial charge in [-0.05, 0) is 39.8 Å². The van der Waals surface area contributed by atoms with Crippen LogP contribution in [-0.4, -0.2) is 34.1 Å². The van der Waals surface area contributed by atoms with Gasteiger partial charge in [0, 0.05) is 24.8 Å². The first kappa shape index (κ1) is 11.6. The van der Waals surface area contributed by atoms with Gasteiger partial charge in [-0.3, -0.25) is 0 Å². The SMILES string of the molecule is CC(CN1CCCC1)n1cncc1[C@H](C)N. The van der Waals surface area contributed by atoms with Crippen molar-refractivity contribution in [2.45, 2.75) is 38.8 Å². The second kappa shape index (κ2) is 4.97. The van der Waals surface area contributed by atoms with Gasteiger partial charge in [0.15, 0.2) is 0 Å². The number of nitrogens with two attached hydrogens (primary N) is 1. The Balaban J connectivity index is 2.01. The minimum absolute atomic E-state index is 0.0588. The largest absolute Gasteiger partial charge is 0.329 e. The lowest BCUT2D eigenvalue weighted by Crippen LogP contribution is -2.28. The van der Waals surface area contributed by atoms with Crippen LogP contribution in [0, 0.1) is 0 Å². The average Bonchev–Trinajstić information content (AvgIpc) is 2.86. The molecule has 4 nitrogen and oxygen atoms in total. The highest BCUT2D eigenvalue weighted by molar-refractivity contribution is 5.04. The summed E-state index contributed by atoms with van der Waals surface area (Å²) in [6.45, 7) is 7.84. The molecule has 0 spiro atoms. The van der Waals surface area contributed by atoms with Crippen molar-refractivity contribution in [1.82, 2.24) is 14.5 Å². The Kier molecular flexibility index (Phi) is 3.61. The standard InChI is InChI=1S/C12H22N4/c1-10(8-15-5-3-4-6-15)16-9-14-7-12(16)11(2)13/h7,9-11H,3-6,8,13H2,1-2H3/t10?,11-/m0/s1. The van der Waals surface area contributed by atoms with Crippen molar-refractivity contribution in [2.24, 2.45) is 5.73 Å². The molecule has 2 heterocycles. The first-order valence-electron chi connectivity index (χ1n) is 6.18. The average molecular weight is 222 g/mol. The number of hydrogen-bond acceptors (Lipinski definition) is 3. The van der Waals surface area contributed by atoms with Gasteiger partial charge in [0.05, 0.1) is 12.0 Å². The molecule has 2 atom stereocenters. The van der Waals surface area contributed by atoms with Gasteiger partial charge in [0.1, 0.15) is 0 Å². The minimum atomic E-state index is 0.0588. The highest BCUT2D eigenvalue weighted by atomic mass is 15.2. The van der Waals surface area contributed by atoms with E-state index < -0.39 is 0 Å². The quantitative estimate of drug-likeness (QED) is 0.841. The van der Waals surface area contributed by atoms with Gasteiger partial charge in [-0.25, -0.2) is 4.98 Å². The number of imidazole rings is 1. The molecule has 1 aliphatic rings. The minimum Gasteiger partial charge on any atom is -0.329 e. The van der Waals surface area contributed by atoms with Gasteiger partial charge in [-0.2, -0.15) is 0 Å². The lowest BCUT2D eigenvalue weighted by atomic mass is 10.2. The fraction of sp³-hybridized carbons (Fsp3) is 0.750. The maximum atomic E-state index is 5.93. The van der Waals surface area contributed by atoms with Gasteiger partial charge in [0.2, 0.25) is 0 Å². The van der Waals surface area contributed by atoms with Crippen molar-refractivity contribution in [1.29, 1.82) is 0 Å². The maximum absolute atomic E-state index is 5.93. The molecule has 90 valence electrons. The molecule has 4 heteroatoms. The lowest BCUT2D eigenvalue weighted by molar-refractivity contribution is 0.284. The number of rotatable bonds is 4. The van der Waals surface area contributed by atoms with Gasteiger partial charge in [-0.15, -0.1) is 0 Å². The van der Waals surface area contributed by atoms with Crippen LogP contribution in [-0.2, 0) is 0 Å². The zero-order valence-electron chi connectivity index (χ0n) is 10.3. The normalized spacial score (nSPS) is 21.2. The topological polar surface area (TPSA) is 47.1 Å². The summed E-state index contributed by atoms with van der Waals surface area (Å²) in [6, 6.07) is 0.519. The fourth-order valence-corrected chi connectivity index (χ4v) is 2.46. The third-order valence-electron chi connectivity index (χ3n) is 3.36. The van der Waals surface area contributed by atoms with Crippen LogP contribution in [0.15, 0.2) is 12.5 Å². The molecule has 1 aromatic heterocycles. The molecule has 2 rings (SSSR count). The zero-order chi connectivity index (χ0) is 11.5. The van der Waals surface area contributed by atoms with Crippen LogP contribution in [0.1, 0.15) is 44.5 Å². The summed E-state index contributed by atoms with van der Waals surface area (Å²) in [5, 5.41) is 0. The highest BCUT2D eigenvalue weighted by Crippen LogP contribution is 2.18. The first-order chi connectivity index (χ1) is 7.68. The Morgan fingerprint density at radius 2 is 2.06 bits per heavy atom. The van der Waals surface area contributed by atoms with Crippen molar-refractivity contribution in [3.63, 3.8) is 0 Å². The summed E-state index contributed by atoms with van der Waals surface area (Å²) in [5.41, 5.74) is 7.06. The number of aromatic nitrogens is 2. The number of nitrogens with zero attached hydrogens (tertiary/aromatic N) is 3. The molecule has 0 amide bonds. The summed E-state index contributed by atoms with van der Waals surface area (Å²) < 4.78 is 2.21. The zero-order valence-corrected chi connectivity index (χ0v) is 10.3. The smallest absolute Gasteiger partial charge is 0.0951 e. The Hall–Kier alpha value is -0.870. The van der Waals surface area contributed by atoms with Crippen molar-refractivity contribution >= 4 is 0 Å². The Bertz CT molecular complexity index is 326. The predicted octanol–water partition coefficient (Wildman–Crippen LogP) is 1.56. The van der Waals surface area contributed by atoms with E-state index in [1.165, 1.54) is 25.9 Å². The summed E-state index contributed by atoms with van der Waals surface area (Å²) in [4.78, 5) is 6.73. The van der Waals surface area contributed by atoms with E-state index in [0.717, 1.165) is 12.2 Å². The summed E-state index contributed by atoms with van der Waals surface area (Å²) in [6.07, 6.45) is 6.47. The van der Waals surface area contributed by atoms with Crippen LogP contribution in [0.5, 0.6) is 0 Å². The molecule has 1 saturated heterocycles. The number of hydrogen-bond donors (Lipinski definition) is 1. The second-order valence-corrected chi connectivity index (χ2v) is 4.87. The van der Waals surface area contributed by atoms with Crippen LogP contribution in [0.25, 0.3) is 0 Å². The Morgan fingerprint density at radius 3 is 2.69 bits per heavy atom. The molecule has 0 aromatic carbocycles. The molecule has 0 saturated carbocycles. The van der Waals surface area contributed by atoms with E-state index in [-0.39, 0.29) is 6.04 Å². The number of likely N-dealkylation sites (tertiary alicyclic amines) is 1. The van der Waals surface area contributed by atoms with Crippen LogP contribution in [0.2, 0.25) is 0 Å². The van der Waals surface area contributed by atoms with E-state index in [4.69, 9.17) is 5.73 Å². The molecule has 0 aliphatic carbocycles. The van der Waals surface area contributed by atoms with Gasteiger partial charge < -0.3 is 15.2 Å². The summed E-state index contributed by atoms with van der Waals surface area (Å²) in [5.74, 6) is 0. The van der Waals surface area contributed by atoms with E-state index >= 15 is 0 Å². The van der Waals surface area contributed by atoms with Crippen LogP contribution < -0.4 is 5.73 Å². The van der Waals surface area contributed by atoms with E-state index in [2.05, 4.69) is 21.4 Å². The maximum Gasteiger partial charge on any atom is 0.0951 e. The van der Waals surface area contributed by atoms with E-state index in [9.17, 15) is 0 Å². The first-order valence-corrected chi connectivity index (χ1v) is 6.18. The molecule has 1 unspecified atom stereocenters. The molecular formula is C12H22N4. The molecule has 1 aromatic rings. The van der Waals surface area contributed by atoms with Crippen LogP contribution in [0.4, 0.5) is 0 Å². The van der Waals surface area contributed by atoms with E-state index in [0.29, 0.717) is 6.04 Å². The van der Waals surface area contributed by atoms with Crippen molar-refractivity contribution in [3.05, 3.63) is 18.2 Å². The molecule has 0 radical (unpaired) electrons. The Morgan fingerprint density at radius 1 is 1.38 bits per heavy atom. The third-order valence-corrected chi connectivity index (χ3v) is 3.36. The predicted molar refractivity (Wildman–Crippen MR) is 65.2 cm³/mol. The monoisotopic (exact) mass is 222 g/mol. The molecular weight excluding hydrogens is 200 g/mol. The van der Waals surface area contributed by atoms with Crippen LogP contribution >= 0.6 is 0 Å². The lowest BCUT2D eigenvalue weighted by Gasteiger charge is -2.23. The highest BCUT2D eigenvalue weighted by Gasteiger charge is 2.17. The van der Waals surface area contributed by atoms with Crippen molar-refractivity contribution in [3.8, 4) is 0 Å². The third kappa shape index (κ3) is 2.44. The van der Waals surface area contributed by atoms with Crippen LogP contribution in [0.3, 0.4) is 0 Å². The van der Waals surface area contributed by atoms with Crippen molar-refractivity contribution < 1.29 is 0 Å². The van der Waals surface area contributed by atoms with E-state index in [1.807, 2.05) is 19.4 Å². The van der Waals surface area contributed by atoms with E-state index in [1.54, 1.807) is 0 Å². The second-order valence-electron chi connectivity index (χ2n) is 4.87. The van der Waals surface area contributed by atoms with Crippen molar-refractivity contribution in [2.75, 3.05) is 19.6 Å². The van der Waals surface area contributed by atoms with Gasteiger partial charge >= 0.3 is 0 Å². The molecule has 16 heavy (non-hydrogen) atoms. The van der Waals surface area contributed by atoms with Gasteiger partial charge in [-0.1, -0.05) is 0 Å². The molecule has 1 fully saturated rings. The Labute approximate surface area is 97.4 Å². The molecule has 1 aliphatic heterocycles. The summed E-state index contributed by atoms with van der Waals surface area (Å²) >= 11 is 0. The fourth-order valence-electron chi connectivity index (χ4n) is 2.46. The van der Waals surface area contributed by atoms with Gasteiger partial charge in [0.25, 0.3) is 0 Å². The molecule has 0 bridgehead atoms. The molecule has 2 N–H and O–H groups in total. The summed E-state index contributed by atoms with van der Waals surface area (Å²) in [7, 11) is 0.